The van der Waals surface area contributed by atoms with Gasteiger partial charge in [0.15, 0.2) is 0 Å². The monoisotopic (exact) mass is 530 g/mol. The van der Waals surface area contributed by atoms with E-state index in [-0.39, 0.29) is 27.6 Å². The van der Waals surface area contributed by atoms with Crippen LogP contribution in [0.15, 0.2) is 17.8 Å². The molecule has 1 aromatic heterocycles. The Hall–Kier alpha value is -1.71. The molecule has 212 valence electrons. The van der Waals surface area contributed by atoms with Gasteiger partial charge in [-0.1, -0.05) is 60.1 Å². The lowest BCUT2D eigenvalue weighted by Gasteiger charge is -2.70. The molecule has 0 amide bonds. The van der Waals surface area contributed by atoms with Gasteiger partial charge in [0.05, 0.1) is 11.1 Å². The molecule has 0 bridgehead atoms. The number of hydrogen-bond acceptors (Lipinski definition) is 3. The van der Waals surface area contributed by atoms with Crippen LogP contribution in [-0.4, -0.2) is 21.0 Å². The van der Waals surface area contributed by atoms with E-state index in [9.17, 15) is 9.90 Å². The van der Waals surface area contributed by atoms with Crippen molar-refractivity contribution in [2.45, 2.75) is 124 Å². The standard InChI is InChI=1S/C35H50N2O2/c1-20-12-15-35(30(38)39)17-16-33(6)24(27(35)21(20)2)10-11-26-32(5)18-23-19-36-29(22-8-9-22)37-28(23)31(3,4)25(32)13-14-34(26,33)7/h10,19-22,25-27H,8-9,11-18H2,1-7H3,(H,38,39)/t20-,21+,25+,26-,27+,32+,33-,34-,35+/m1/s1. The van der Waals surface area contributed by atoms with Crippen molar-refractivity contribution in [3.8, 4) is 0 Å². The topological polar surface area (TPSA) is 63.1 Å². The zero-order valence-electron chi connectivity index (χ0n) is 25.4. The van der Waals surface area contributed by atoms with Crippen LogP contribution in [0.2, 0.25) is 0 Å². The molecule has 4 nitrogen and oxygen atoms in total. The number of carboxylic acids is 1. The molecule has 0 radical (unpaired) electrons. The van der Waals surface area contributed by atoms with Gasteiger partial charge in [-0.15, -0.1) is 0 Å². The SMILES string of the molecule is C[C@H]1[C@H](C)CC[C@]2(C(=O)O)CC[C@]3(C)C(=CC[C@@H]4[C@@]5(C)Cc6cnc(C7CC7)nc6C(C)(C)[C@@H]5CC[C@]43C)[C@H]12. The van der Waals surface area contributed by atoms with Gasteiger partial charge >= 0.3 is 5.97 Å². The van der Waals surface area contributed by atoms with E-state index in [0.29, 0.717) is 29.6 Å². The van der Waals surface area contributed by atoms with Crippen molar-refractivity contribution >= 4 is 5.97 Å². The Morgan fingerprint density at radius 1 is 0.949 bits per heavy atom. The molecule has 1 aromatic rings. The smallest absolute Gasteiger partial charge is 0.310 e. The van der Waals surface area contributed by atoms with Gasteiger partial charge in [-0.25, -0.2) is 9.97 Å². The Labute approximate surface area is 235 Å². The highest BCUT2D eigenvalue weighted by atomic mass is 16.4. The molecular weight excluding hydrogens is 480 g/mol. The highest BCUT2D eigenvalue weighted by molar-refractivity contribution is 5.76. The molecule has 0 saturated heterocycles. The van der Waals surface area contributed by atoms with Gasteiger partial charge in [0.2, 0.25) is 0 Å². The lowest BCUT2D eigenvalue weighted by atomic mass is 9.33. The van der Waals surface area contributed by atoms with Gasteiger partial charge < -0.3 is 5.11 Å². The summed E-state index contributed by atoms with van der Waals surface area (Å²) in [4.78, 5) is 23.1. The van der Waals surface area contributed by atoms with Gasteiger partial charge in [0.1, 0.15) is 5.82 Å². The van der Waals surface area contributed by atoms with Crippen LogP contribution < -0.4 is 0 Å². The third-order valence-electron chi connectivity index (χ3n) is 14.6. The van der Waals surface area contributed by atoms with E-state index >= 15 is 0 Å². The van der Waals surface area contributed by atoms with E-state index in [0.717, 1.165) is 44.3 Å². The second-order valence-corrected chi connectivity index (χ2v) is 16.4. The number of hydrogen-bond donors (Lipinski definition) is 1. The quantitative estimate of drug-likeness (QED) is 0.392. The summed E-state index contributed by atoms with van der Waals surface area (Å²) in [5.41, 5.74) is 4.15. The summed E-state index contributed by atoms with van der Waals surface area (Å²) < 4.78 is 0. The number of nitrogens with zero attached hydrogens (tertiary/aromatic N) is 2. The zero-order chi connectivity index (χ0) is 27.8. The lowest BCUT2D eigenvalue weighted by Crippen LogP contribution is -2.65. The first-order chi connectivity index (χ1) is 18.3. The summed E-state index contributed by atoms with van der Waals surface area (Å²) in [7, 11) is 0. The number of allylic oxidation sites excluding steroid dienone is 2. The maximum absolute atomic E-state index is 13.0. The van der Waals surface area contributed by atoms with E-state index in [1.54, 1.807) is 0 Å². The zero-order valence-corrected chi connectivity index (χ0v) is 25.4. The molecule has 4 heteroatoms. The molecule has 4 saturated carbocycles. The van der Waals surface area contributed by atoms with E-state index in [1.807, 2.05) is 0 Å². The van der Waals surface area contributed by atoms with Crippen molar-refractivity contribution < 1.29 is 9.90 Å². The Bertz CT molecular complexity index is 1260. The molecule has 0 spiro atoms. The highest BCUT2D eigenvalue weighted by Crippen LogP contribution is 2.75. The average molecular weight is 531 g/mol. The first kappa shape index (κ1) is 26.2. The fraction of sp³-hybridized carbons (Fsp3) is 0.800. The average Bonchev–Trinajstić information content (AvgIpc) is 3.72. The van der Waals surface area contributed by atoms with Gasteiger partial charge in [0, 0.05) is 17.5 Å². The maximum atomic E-state index is 13.0. The fourth-order valence-electron chi connectivity index (χ4n) is 11.9. The van der Waals surface area contributed by atoms with Crippen LogP contribution in [0.5, 0.6) is 0 Å². The Morgan fingerprint density at radius 2 is 1.69 bits per heavy atom. The van der Waals surface area contributed by atoms with Gasteiger partial charge in [0.25, 0.3) is 0 Å². The van der Waals surface area contributed by atoms with Crippen molar-refractivity contribution in [3.63, 3.8) is 0 Å². The lowest BCUT2D eigenvalue weighted by molar-refractivity contribution is -0.179. The number of fused-ring (bicyclic) bond motifs is 8. The first-order valence-corrected chi connectivity index (χ1v) is 16.1. The summed E-state index contributed by atoms with van der Waals surface area (Å²) in [6.45, 7) is 17.4. The van der Waals surface area contributed by atoms with Crippen LogP contribution in [0, 0.1) is 51.2 Å². The second kappa shape index (κ2) is 7.97. The summed E-state index contributed by atoms with van der Waals surface area (Å²) in [5, 5.41) is 10.7. The van der Waals surface area contributed by atoms with Crippen molar-refractivity contribution in [1.29, 1.82) is 0 Å². The van der Waals surface area contributed by atoms with Crippen LogP contribution in [0.1, 0.15) is 129 Å². The number of aliphatic carboxylic acids is 1. The molecule has 6 aliphatic rings. The molecular formula is C35H50N2O2. The van der Waals surface area contributed by atoms with Crippen molar-refractivity contribution in [1.82, 2.24) is 9.97 Å². The summed E-state index contributed by atoms with van der Waals surface area (Å²) in [6, 6.07) is 0. The summed E-state index contributed by atoms with van der Waals surface area (Å²) in [5.74, 6) is 3.51. The van der Waals surface area contributed by atoms with Crippen molar-refractivity contribution in [2.24, 2.45) is 51.2 Å². The molecule has 1 heterocycles. The van der Waals surface area contributed by atoms with E-state index in [1.165, 1.54) is 42.5 Å². The number of aromatic nitrogens is 2. The van der Waals surface area contributed by atoms with Crippen LogP contribution >= 0.6 is 0 Å². The normalized spacial score (nSPS) is 48.0. The first-order valence-electron chi connectivity index (χ1n) is 16.1. The summed E-state index contributed by atoms with van der Waals surface area (Å²) in [6.07, 6.45) is 15.7. The second-order valence-electron chi connectivity index (χ2n) is 16.4. The molecule has 9 atom stereocenters. The van der Waals surface area contributed by atoms with Crippen LogP contribution in [0.4, 0.5) is 0 Å². The minimum absolute atomic E-state index is 0.0412. The number of rotatable bonds is 2. The van der Waals surface area contributed by atoms with Gasteiger partial charge in [-0.05, 0) is 116 Å². The van der Waals surface area contributed by atoms with E-state index in [2.05, 4.69) is 60.7 Å². The predicted octanol–water partition coefficient (Wildman–Crippen LogP) is 8.11. The maximum Gasteiger partial charge on any atom is 0.310 e. The van der Waals surface area contributed by atoms with Gasteiger partial charge in [-0.3, -0.25) is 4.79 Å². The molecule has 4 fully saturated rings. The molecule has 0 unspecified atom stereocenters. The third kappa shape index (κ3) is 3.16. The molecule has 0 aliphatic heterocycles. The Kier molecular flexibility index (Phi) is 5.36. The highest BCUT2D eigenvalue weighted by Gasteiger charge is 2.69. The summed E-state index contributed by atoms with van der Waals surface area (Å²) >= 11 is 0. The minimum atomic E-state index is -0.566. The Balaban J connectivity index is 1.33. The van der Waals surface area contributed by atoms with Crippen LogP contribution in [0.25, 0.3) is 0 Å². The van der Waals surface area contributed by atoms with E-state index in [4.69, 9.17) is 9.97 Å². The number of carbonyl (C=O) groups is 1. The Morgan fingerprint density at radius 3 is 2.38 bits per heavy atom. The fourth-order valence-corrected chi connectivity index (χ4v) is 11.9. The predicted molar refractivity (Wildman–Crippen MR) is 154 cm³/mol. The molecule has 7 rings (SSSR count). The molecule has 0 aromatic carbocycles. The van der Waals surface area contributed by atoms with Crippen molar-refractivity contribution in [2.75, 3.05) is 0 Å². The van der Waals surface area contributed by atoms with Crippen LogP contribution in [-0.2, 0) is 16.6 Å². The van der Waals surface area contributed by atoms with Gasteiger partial charge in [-0.2, -0.15) is 0 Å². The number of carboxylic acid groups (broad SMARTS) is 1. The molecule has 39 heavy (non-hydrogen) atoms. The minimum Gasteiger partial charge on any atom is -0.481 e. The molecule has 6 aliphatic carbocycles. The molecule has 1 N–H and O–H groups in total. The third-order valence-corrected chi connectivity index (χ3v) is 14.6. The van der Waals surface area contributed by atoms with Crippen molar-refractivity contribution in [3.05, 3.63) is 34.9 Å². The van der Waals surface area contributed by atoms with E-state index < -0.39 is 11.4 Å². The largest absolute Gasteiger partial charge is 0.481 e. The van der Waals surface area contributed by atoms with Crippen LogP contribution in [0.3, 0.4) is 0 Å².